The van der Waals surface area contributed by atoms with E-state index in [1.807, 2.05) is 6.92 Å². The summed E-state index contributed by atoms with van der Waals surface area (Å²) in [7, 11) is 0. The second-order valence-electron chi connectivity index (χ2n) is 9.43. The van der Waals surface area contributed by atoms with Crippen LogP contribution in [0, 0.1) is 30.1 Å². The topological polar surface area (TPSA) is 64.6 Å². The summed E-state index contributed by atoms with van der Waals surface area (Å²) in [5.74, 6) is 2.27. The Kier molecular flexibility index (Phi) is 5.78. The monoisotopic (exact) mass is 419 g/mol. The number of carbonyl (C=O) groups excluding carboxylic acids is 2. The first-order valence-corrected chi connectivity index (χ1v) is 11.0. The van der Waals surface area contributed by atoms with Crippen molar-refractivity contribution in [2.75, 3.05) is 13.2 Å². The molecule has 4 saturated carbocycles. The van der Waals surface area contributed by atoms with E-state index < -0.39 is 5.97 Å². The highest BCUT2D eigenvalue weighted by molar-refractivity contribution is 6.31. The first kappa shape index (κ1) is 20.5. The Labute approximate surface area is 177 Å². The van der Waals surface area contributed by atoms with Gasteiger partial charge in [-0.25, -0.2) is 4.79 Å². The molecule has 1 N–H and O–H groups in total. The zero-order chi connectivity index (χ0) is 20.6. The highest BCUT2D eigenvalue weighted by atomic mass is 35.5. The van der Waals surface area contributed by atoms with Gasteiger partial charge in [0, 0.05) is 11.1 Å². The molecule has 0 aromatic heterocycles. The van der Waals surface area contributed by atoms with E-state index in [1.165, 1.54) is 38.5 Å². The Hall–Kier alpha value is -1.75. The molecule has 6 heteroatoms. The molecule has 0 saturated heterocycles. The van der Waals surface area contributed by atoms with Crippen LogP contribution in [-0.2, 0) is 14.3 Å². The van der Waals surface area contributed by atoms with Crippen molar-refractivity contribution in [1.82, 2.24) is 5.32 Å². The number of amides is 1. The van der Waals surface area contributed by atoms with Gasteiger partial charge >= 0.3 is 5.97 Å². The zero-order valence-corrected chi connectivity index (χ0v) is 18.0. The maximum atomic E-state index is 12.4. The Morgan fingerprint density at radius 3 is 2.34 bits per heavy atom. The van der Waals surface area contributed by atoms with Gasteiger partial charge in [-0.2, -0.15) is 0 Å². The molecular formula is C23H30ClNO4. The number of nitrogens with one attached hydrogen (secondary N) is 1. The lowest BCUT2D eigenvalue weighted by Crippen LogP contribution is -2.56. The predicted octanol–water partition coefficient (Wildman–Crippen LogP) is 4.29. The van der Waals surface area contributed by atoms with Gasteiger partial charge in [-0.05, 0) is 99.3 Å². The lowest BCUT2D eigenvalue weighted by molar-refractivity contribution is -0.151. The van der Waals surface area contributed by atoms with E-state index in [2.05, 4.69) is 12.2 Å². The number of rotatable bonds is 7. The smallest absolute Gasteiger partial charge is 0.344 e. The number of carbonyl (C=O) groups is 2. The number of aryl methyl sites for hydroxylation is 1. The van der Waals surface area contributed by atoms with E-state index in [9.17, 15) is 9.59 Å². The fraction of sp³-hybridized carbons (Fsp3) is 0.652. The largest absolute Gasteiger partial charge is 0.482 e. The highest BCUT2D eigenvalue weighted by Gasteiger charge is 2.53. The third-order valence-corrected chi connectivity index (χ3v) is 7.66. The van der Waals surface area contributed by atoms with Crippen molar-refractivity contribution in [2.45, 2.75) is 58.4 Å². The minimum atomic E-state index is -0.560. The molecule has 29 heavy (non-hydrogen) atoms. The van der Waals surface area contributed by atoms with Crippen molar-refractivity contribution in [1.29, 1.82) is 0 Å². The quantitative estimate of drug-likeness (QED) is 0.669. The van der Waals surface area contributed by atoms with Crippen molar-refractivity contribution in [2.24, 2.45) is 23.2 Å². The number of benzene rings is 1. The summed E-state index contributed by atoms with van der Waals surface area (Å²) in [5, 5.41) is 3.75. The lowest BCUT2D eigenvalue weighted by atomic mass is 9.48. The van der Waals surface area contributed by atoms with Crippen molar-refractivity contribution in [3.8, 4) is 5.75 Å². The average Bonchev–Trinajstić information content (AvgIpc) is 2.66. The van der Waals surface area contributed by atoms with Gasteiger partial charge in [0.2, 0.25) is 0 Å². The highest BCUT2D eigenvalue weighted by Crippen LogP contribution is 2.61. The summed E-state index contributed by atoms with van der Waals surface area (Å²) >= 11 is 5.98. The second kappa shape index (κ2) is 8.17. The van der Waals surface area contributed by atoms with E-state index in [0.29, 0.717) is 10.8 Å². The van der Waals surface area contributed by atoms with Crippen LogP contribution in [0.3, 0.4) is 0 Å². The third-order valence-electron chi connectivity index (χ3n) is 7.23. The van der Waals surface area contributed by atoms with Crippen molar-refractivity contribution in [3.05, 3.63) is 28.8 Å². The molecule has 5 rings (SSSR count). The van der Waals surface area contributed by atoms with E-state index in [4.69, 9.17) is 21.1 Å². The zero-order valence-electron chi connectivity index (χ0n) is 17.2. The van der Waals surface area contributed by atoms with Gasteiger partial charge in [-0.3, -0.25) is 4.79 Å². The van der Waals surface area contributed by atoms with Crippen LogP contribution in [0.2, 0.25) is 5.02 Å². The normalized spacial score (nSPS) is 30.7. The van der Waals surface area contributed by atoms with Crippen LogP contribution in [0.25, 0.3) is 0 Å². The number of halogens is 1. The minimum Gasteiger partial charge on any atom is -0.482 e. The number of hydrogen-bond donors (Lipinski definition) is 1. The summed E-state index contributed by atoms with van der Waals surface area (Å²) in [6, 6.07) is 5.30. The molecular weight excluding hydrogens is 390 g/mol. The molecule has 4 bridgehead atoms. The molecule has 0 aliphatic heterocycles. The van der Waals surface area contributed by atoms with Gasteiger partial charge in [-0.1, -0.05) is 11.6 Å². The van der Waals surface area contributed by atoms with Gasteiger partial charge in [-0.15, -0.1) is 0 Å². The third kappa shape index (κ3) is 4.55. The Bertz CT molecular complexity index is 758. The van der Waals surface area contributed by atoms with Crippen LogP contribution in [0.1, 0.15) is 51.0 Å². The van der Waals surface area contributed by atoms with Gasteiger partial charge in [0.15, 0.2) is 13.2 Å². The van der Waals surface area contributed by atoms with E-state index in [-0.39, 0.29) is 30.6 Å². The molecule has 1 aromatic rings. The molecule has 1 aromatic carbocycles. The Morgan fingerprint density at radius 2 is 1.76 bits per heavy atom. The molecule has 0 spiro atoms. The molecule has 4 aliphatic carbocycles. The standard InChI is InChI=1S/C23H30ClNO4/c1-14-5-19(3-4-20(14)24)28-13-22(27)29-12-21(26)25-15(2)23-9-16-6-17(10-23)8-18(7-16)11-23/h3-5,15-18H,6-13H2,1-2H3,(H,25,26). The van der Waals surface area contributed by atoms with Gasteiger partial charge in [0.25, 0.3) is 5.91 Å². The molecule has 158 valence electrons. The summed E-state index contributed by atoms with van der Waals surface area (Å²) in [5.41, 5.74) is 1.11. The van der Waals surface area contributed by atoms with E-state index in [1.54, 1.807) is 18.2 Å². The van der Waals surface area contributed by atoms with Gasteiger partial charge in [0.1, 0.15) is 5.75 Å². The first-order chi connectivity index (χ1) is 13.8. The van der Waals surface area contributed by atoms with Gasteiger partial charge < -0.3 is 14.8 Å². The predicted molar refractivity (Wildman–Crippen MR) is 111 cm³/mol. The van der Waals surface area contributed by atoms with Crippen LogP contribution in [0.15, 0.2) is 18.2 Å². The second-order valence-corrected chi connectivity index (χ2v) is 9.84. The summed E-state index contributed by atoms with van der Waals surface area (Å²) < 4.78 is 10.5. The molecule has 1 amide bonds. The molecule has 1 atom stereocenters. The average molecular weight is 420 g/mol. The molecule has 1 unspecified atom stereocenters. The van der Waals surface area contributed by atoms with Crippen LogP contribution in [0.4, 0.5) is 0 Å². The number of hydrogen-bond acceptors (Lipinski definition) is 4. The van der Waals surface area contributed by atoms with Crippen LogP contribution in [0.5, 0.6) is 5.75 Å². The van der Waals surface area contributed by atoms with Crippen LogP contribution in [-0.4, -0.2) is 31.1 Å². The molecule has 5 nitrogen and oxygen atoms in total. The minimum absolute atomic E-state index is 0.121. The van der Waals surface area contributed by atoms with E-state index in [0.717, 1.165) is 23.3 Å². The number of ether oxygens (including phenoxy) is 2. The maximum absolute atomic E-state index is 12.4. The molecule has 4 fully saturated rings. The summed E-state index contributed by atoms with van der Waals surface area (Å²) in [6.45, 7) is 3.49. The van der Waals surface area contributed by atoms with Crippen molar-refractivity contribution in [3.63, 3.8) is 0 Å². The summed E-state index contributed by atoms with van der Waals surface area (Å²) in [6.07, 6.45) is 7.83. The van der Waals surface area contributed by atoms with Crippen LogP contribution < -0.4 is 10.1 Å². The number of esters is 1. The van der Waals surface area contributed by atoms with Crippen molar-refractivity contribution >= 4 is 23.5 Å². The summed E-state index contributed by atoms with van der Waals surface area (Å²) in [4.78, 5) is 24.3. The lowest BCUT2D eigenvalue weighted by Gasteiger charge is -2.59. The SMILES string of the molecule is Cc1cc(OCC(=O)OCC(=O)NC(C)C23CC4CC(CC(C4)C2)C3)ccc1Cl. The van der Waals surface area contributed by atoms with Gasteiger partial charge in [0.05, 0.1) is 0 Å². The maximum Gasteiger partial charge on any atom is 0.344 e. The Morgan fingerprint density at radius 1 is 1.14 bits per heavy atom. The first-order valence-electron chi connectivity index (χ1n) is 10.7. The Balaban J connectivity index is 1.21. The van der Waals surface area contributed by atoms with Crippen molar-refractivity contribution < 1.29 is 19.1 Å². The molecule has 4 aliphatic rings. The molecule has 0 heterocycles. The van der Waals surface area contributed by atoms with Crippen LogP contribution >= 0.6 is 11.6 Å². The fourth-order valence-corrected chi connectivity index (χ4v) is 6.30. The molecule has 0 radical (unpaired) electrons. The van der Waals surface area contributed by atoms with E-state index >= 15 is 0 Å². The fourth-order valence-electron chi connectivity index (χ4n) is 6.18.